The summed E-state index contributed by atoms with van der Waals surface area (Å²) in [6, 6.07) is 11.4. The second-order valence-corrected chi connectivity index (χ2v) is 3.35. The maximum Gasteiger partial charge on any atom is 0.159 e. The Kier molecular flexibility index (Phi) is 2.74. The first-order valence-corrected chi connectivity index (χ1v) is 4.84. The molecular formula is C12H12N2O. The summed E-state index contributed by atoms with van der Waals surface area (Å²) in [6.07, 6.45) is 1.10. The van der Waals surface area contributed by atoms with E-state index in [1.54, 1.807) is 19.2 Å². The molecule has 3 heteroatoms. The van der Waals surface area contributed by atoms with Gasteiger partial charge in [-0.3, -0.25) is 0 Å². The molecule has 76 valence electrons. The number of aliphatic hydroxyl groups is 1. The molecule has 1 atom stereocenters. The monoisotopic (exact) mass is 200 g/mol. The molecule has 15 heavy (non-hydrogen) atoms. The molecule has 0 amide bonds. The average molecular weight is 200 g/mol. The van der Waals surface area contributed by atoms with Gasteiger partial charge in [-0.05, 0) is 13.0 Å². The third-order valence-electron chi connectivity index (χ3n) is 2.14. The number of hydrogen-bond donors (Lipinski definition) is 1. The fourth-order valence-corrected chi connectivity index (χ4v) is 1.33. The van der Waals surface area contributed by atoms with Gasteiger partial charge in [0, 0.05) is 11.8 Å². The first-order chi connectivity index (χ1) is 7.27. The lowest BCUT2D eigenvalue weighted by molar-refractivity contribution is 0.194. The van der Waals surface area contributed by atoms with E-state index in [1.165, 1.54) is 0 Å². The normalized spacial score (nSPS) is 12.4. The van der Waals surface area contributed by atoms with E-state index < -0.39 is 6.10 Å². The molecule has 2 aromatic rings. The topological polar surface area (TPSA) is 46.0 Å². The highest BCUT2D eigenvalue weighted by atomic mass is 16.3. The molecule has 0 saturated heterocycles. The van der Waals surface area contributed by atoms with Crippen LogP contribution in [0.5, 0.6) is 0 Å². The summed E-state index contributed by atoms with van der Waals surface area (Å²) in [5.41, 5.74) is 1.60. The van der Waals surface area contributed by atoms with Crippen LogP contribution in [0.15, 0.2) is 42.6 Å². The molecule has 0 fully saturated rings. The summed E-state index contributed by atoms with van der Waals surface area (Å²) in [7, 11) is 0. The maximum absolute atomic E-state index is 9.40. The van der Waals surface area contributed by atoms with Gasteiger partial charge >= 0.3 is 0 Å². The zero-order chi connectivity index (χ0) is 10.7. The Bertz CT molecular complexity index is 440. The highest BCUT2D eigenvalue weighted by Gasteiger charge is 2.05. The summed E-state index contributed by atoms with van der Waals surface area (Å²) >= 11 is 0. The smallest absolute Gasteiger partial charge is 0.159 e. The van der Waals surface area contributed by atoms with E-state index in [2.05, 4.69) is 9.97 Å². The van der Waals surface area contributed by atoms with Gasteiger partial charge in [0.1, 0.15) is 0 Å². The Morgan fingerprint density at radius 2 is 1.87 bits per heavy atom. The van der Waals surface area contributed by atoms with Crippen LogP contribution in [0.25, 0.3) is 11.4 Å². The Labute approximate surface area is 88.5 Å². The number of nitrogens with zero attached hydrogens (tertiary/aromatic N) is 2. The van der Waals surface area contributed by atoms with Gasteiger partial charge in [-0.1, -0.05) is 30.3 Å². The van der Waals surface area contributed by atoms with E-state index in [0.717, 1.165) is 5.56 Å². The molecule has 0 spiro atoms. The summed E-state index contributed by atoms with van der Waals surface area (Å²) < 4.78 is 0. The Balaban J connectivity index is 2.42. The van der Waals surface area contributed by atoms with Crippen LogP contribution >= 0.6 is 0 Å². The van der Waals surface area contributed by atoms with Crippen molar-refractivity contribution >= 4 is 0 Å². The minimum Gasteiger partial charge on any atom is -0.387 e. The van der Waals surface area contributed by atoms with Gasteiger partial charge in [0.25, 0.3) is 0 Å². The van der Waals surface area contributed by atoms with Crippen molar-refractivity contribution < 1.29 is 5.11 Å². The van der Waals surface area contributed by atoms with Gasteiger partial charge in [0.05, 0.1) is 11.8 Å². The lowest BCUT2D eigenvalue weighted by Crippen LogP contribution is -1.98. The van der Waals surface area contributed by atoms with Crippen LogP contribution in [0.4, 0.5) is 0 Å². The van der Waals surface area contributed by atoms with Gasteiger partial charge in [-0.25, -0.2) is 9.97 Å². The zero-order valence-corrected chi connectivity index (χ0v) is 8.46. The first kappa shape index (κ1) is 9.80. The SMILES string of the molecule is CC(O)c1ccnc(-c2ccccc2)n1. The van der Waals surface area contributed by atoms with E-state index in [1.807, 2.05) is 30.3 Å². The van der Waals surface area contributed by atoms with Crippen LogP contribution in [-0.2, 0) is 0 Å². The molecule has 1 heterocycles. The standard InChI is InChI=1S/C12H12N2O/c1-9(15)11-7-8-13-12(14-11)10-5-3-2-4-6-10/h2-9,15H,1H3. The minimum absolute atomic E-state index is 0.560. The highest BCUT2D eigenvalue weighted by molar-refractivity contribution is 5.54. The van der Waals surface area contributed by atoms with Crippen molar-refractivity contribution in [3.63, 3.8) is 0 Å². The molecule has 0 saturated carbocycles. The Hall–Kier alpha value is -1.74. The van der Waals surface area contributed by atoms with Gasteiger partial charge in [-0.2, -0.15) is 0 Å². The first-order valence-electron chi connectivity index (χ1n) is 4.84. The molecule has 1 aromatic heterocycles. The zero-order valence-electron chi connectivity index (χ0n) is 8.46. The molecular weight excluding hydrogens is 188 g/mol. The fourth-order valence-electron chi connectivity index (χ4n) is 1.33. The Morgan fingerprint density at radius 3 is 2.53 bits per heavy atom. The number of hydrogen-bond acceptors (Lipinski definition) is 3. The van der Waals surface area contributed by atoms with Crippen molar-refractivity contribution in [2.75, 3.05) is 0 Å². The lowest BCUT2D eigenvalue weighted by Gasteiger charge is -2.05. The molecule has 1 aromatic carbocycles. The van der Waals surface area contributed by atoms with Gasteiger partial charge < -0.3 is 5.11 Å². The van der Waals surface area contributed by atoms with E-state index in [9.17, 15) is 5.11 Å². The van der Waals surface area contributed by atoms with Crippen molar-refractivity contribution in [1.82, 2.24) is 9.97 Å². The van der Waals surface area contributed by atoms with Gasteiger partial charge in [0.2, 0.25) is 0 Å². The van der Waals surface area contributed by atoms with Crippen LogP contribution in [0, 0.1) is 0 Å². The second kappa shape index (κ2) is 4.19. The molecule has 3 nitrogen and oxygen atoms in total. The van der Waals surface area contributed by atoms with Crippen molar-refractivity contribution in [2.45, 2.75) is 13.0 Å². The van der Waals surface area contributed by atoms with Gasteiger partial charge in [-0.15, -0.1) is 0 Å². The van der Waals surface area contributed by atoms with E-state index in [0.29, 0.717) is 11.5 Å². The number of benzene rings is 1. The second-order valence-electron chi connectivity index (χ2n) is 3.35. The molecule has 0 bridgehead atoms. The molecule has 0 radical (unpaired) electrons. The predicted molar refractivity (Wildman–Crippen MR) is 58.1 cm³/mol. The minimum atomic E-state index is -0.560. The number of aliphatic hydroxyl groups excluding tert-OH is 1. The fraction of sp³-hybridized carbons (Fsp3) is 0.167. The summed E-state index contributed by atoms with van der Waals surface area (Å²) in [5.74, 6) is 0.647. The van der Waals surface area contributed by atoms with Crippen LogP contribution in [0.2, 0.25) is 0 Å². The number of rotatable bonds is 2. The molecule has 0 aliphatic carbocycles. The average Bonchev–Trinajstić information content (AvgIpc) is 2.30. The van der Waals surface area contributed by atoms with Crippen LogP contribution < -0.4 is 0 Å². The number of aromatic nitrogens is 2. The summed E-state index contributed by atoms with van der Waals surface area (Å²) in [4.78, 5) is 8.45. The molecule has 1 N–H and O–H groups in total. The van der Waals surface area contributed by atoms with Crippen LogP contribution in [-0.4, -0.2) is 15.1 Å². The molecule has 2 rings (SSSR count). The van der Waals surface area contributed by atoms with Crippen molar-refractivity contribution in [2.24, 2.45) is 0 Å². The quantitative estimate of drug-likeness (QED) is 0.808. The summed E-state index contributed by atoms with van der Waals surface area (Å²) in [6.45, 7) is 1.69. The Morgan fingerprint density at radius 1 is 1.13 bits per heavy atom. The summed E-state index contributed by atoms with van der Waals surface area (Å²) in [5, 5.41) is 9.40. The highest BCUT2D eigenvalue weighted by Crippen LogP contribution is 2.16. The van der Waals surface area contributed by atoms with Crippen molar-refractivity contribution in [3.05, 3.63) is 48.3 Å². The van der Waals surface area contributed by atoms with E-state index >= 15 is 0 Å². The van der Waals surface area contributed by atoms with Crippen LogP contribution in [0.1, 0.15) is 18.7 Å². The van der Waals surface area contributed by atoms with E-state index in [4.69, 9.17) is 0 Å². The van der Waals surface area contributed by atoms with Crippen molar-refractivity contribution in [3.8, 4) is 11.4 Å². The van der Waals surface area contributed by atoms with E-state index in [-0.39, 0.29) is 0 Å². The van der Waals surface area contributed by atoms with Crippen LogP contribution in [0.3, 0.4) is 0 Å². The third kappa shape index (κ3) is 2.19. The molecule has 1 unspecified atom stereocenters. The molecule has 0 aliphatic heterocycles. The predicted octanol–water partition coefficient (Wildman–Crippen LogP) is 2.20. The molecule has 0 aliphatic rings. The van der Waals surface area contributed by atoms with Gasteiger partial charge in [0.15, 0.2) is 5.82 Å². The van der Waals surface area contributed by atoms with Crippen molar-refractivity contribution in [1.29, 1.82) is 0 Å². The maximum atomic E-state index is 9.40. The third-order valence-corrected chi connectivity index (χ3v) is 2.14. The lowest BCUT2D eigenvalue weighted by atomic mass is 10.2. The largest absolute Gasteiger partial charge is 0.387 e.